The molecule has 3 aromatic rings. The molecule has 1 aliphatic rings. The second-order valence-electron chi connectivity index (χ2n) is 6.75. The van der Waals surface area contributed by atoms with Crippen LogP contribution < -0.4 is 4.90 Å². The molecule has 26 heavy (non-hydrogen) atoms. The SMILES string of the molecule is CCc1ccc(N2C[C@@H](c3noc(-c4cccc(C)c4)n3)CC2=O)cc1. The zero-order valence-electron chi connectivity index (χ0n) is 15.0. The molecule has 5 nitrogen and oxygen atoms in total. The second-order valence-corrected chi connectivity index (χ2v) is 6.75. The van der Waals surface area contributed by atoms with Crippen LogP contribution >= 0.6 is 0 Å². The van der Waals surface area contributed by atoms with Gasteiger partial charge < -0.3 is 9.42 Å². The van der Waals surface area contributed by atoms with E-state index in [1.54, 1.807) is 0 Å². The Balaban J connectivity index is 1.53. The van der Waals surface area contributed by atoms with Gasteiger partial charge in [0.2, 0.25) is 5.91 Å². The van der Waals surface area contributed by atoms with Crippen molar-refractivity contribution in [2.75, 3.05) is 11.4 Å². The molecule has 2 heterocycles. The van der Waals surface area contributed by atoms with E-state index in [0.717, 1.165) is 23.2 Å². The van der Waals surface area contributed by atoms with Crippen LogP contribution in [0.15, 0.2) is 53.1 Å². The van der Waals surface area contributed by atoms with Crippen LogP contribution in [0.4, 0.5) is 5.69 Å². The van der Waals surface area contributed by atoms with E-state index in [9.17, 15) is 4.79 Å². The molecule has 1 fully saturated rings. The molecular weight excluding hydrogens is 326 g/mol. The predicted octanol–water partition coefficient (Wildman–Crippen LogP) is 4.13. The number of aryl methyl sites for hydroxylation is 2. The zero-order chi connectivity index (χ0) is 18.1. The predicted molar refractivity (Wildman–Crippen MR) is 100 cm³/mol. The molecule has 1 aromatic heterocycles. The first-order valence-electron chi connectivity index (χ1n) is 8.94. The van der Waals surface area contributed by atoms with Crippen molar-refractivity contribution < 1.29 is 9.32 Å². The number of hydrogen-bond acceptors (Lipinski definition) is 4. The van der Waals surface area contributed by atoms with E-state index in [1.165, 1.54) is 5.56 Å². The third kappa shape index (κ3) is 3.12. The lowest BCUT2D eigenvalue weighted by atomic mass is 10.1. The molecule has 0 radical (unpaired) electrons. The molecule has 0 N–H and O–H groups in total. The highest BCUT2D eigenvalue weighted by Gasteiger charge is 2.34. The first-order valence-corrected chi connectivity index (χ1v) is 8.94. The molecule has 5 heteroatoms. The van der Waals surface area contributed by atoms with Crippen molar-refractivity contribution in [3.05, 3.63) is 65.5 Å². The Labute approximate surface area is 152 Å². The fraction of sp³-hybridized carbons (Fsp3) is 0.286. The van der Waals surface area contributed by atoms with Crippen molar-refractivity contribution in [1.29, 1.82) is 0 Å². The normalized spacial score (nSPS) is 17.1. The molecule has 1 atom stereocenters. The lowest BCUT2D eigenvalue weighted by Crippen LogP contribution is -2.24. The van der Waals surface area contributed by atoms with Crippen LogP contribution in [-0.2, 0) is 11.2 Å². The maximum atomic E-state index is 12.5. The molecule has 2 aromatic carbocycles. The largest absolute Gasteiger partial charge is 0.334 e. The molecule has 1 aliphatic heterocycles. The number of hydrogen-bond donors (Lipinski definition) is 0. The number of aromatic nitrogens is 2. The quantitative estimate of drug-likeness (QED) is 0.712. The van der Waals surface area contributed by atoms with Crippen LogP contribution in [-0.4, -0.2) is 22.6 Å². The summed E-state index contributed by atoms with van der Waals surface area (Å²) >= 11 is 0. The van der Waals surface area contributed by atoms with E-state index in [0.29, 0.717) is 24.7 Å². The van der Waals surface area contributed by atoms with Gasteiger partial charge in [-0.25, -0.2) is 0 Å². The van der Waals surface area contributed by atoms with Crippen LogP contribution in [0, 0.1) is 6.92 Å². The van der Waals surface area contributed by atoms with Gasteiger partial charge in [0.1, 0.15) is 0 Å². The molecule has 0 unspecified atom stereocenters. The van der Waals surface area contributed by atoms with E-state index < -0.39 is 0 Å². The number of carbonyl (C=O) groups is 1. The minimum atomic E-state index is -0.0457. The fourth-order valence-corrected chi connectivity index (χ4v) is 3.34. The summed E-state index contributed by atoms with van der Waals surface area (Å²) in [6.45, 7) is 4.73. The van der Waals surface area contributed by atoms with Crippen LogP contribution in [0.25, 0.3) is 11.5 Å². The van der Waals surface area contributed by atoms with Gasteiger partial charge in [-0.2, -0.15) is 4.98 Å². The van der Waals surface area contributed by atoms with Gasteiger partial charge >= 0.3 is 0 Å². The summed E-state index contributed by atoms with van der Waals surface area (Å²) in [5.41, 5.74) is 4.23. The third-order valence-electron chi connectivity index (χ3n) is 4.85. The van der Waals surface area contributed by atoms with Gasteiger partial charge in [-0.05, 0) is 43.2 Å². The van der Waals surface area contributed by atoms with Gasteiger partial charge in [-0.3, -0.25) is 4.79 Å². The van der Waals surface area contributed by atoms with Crippen molar-refractivity contribution in [2.45, 2.75) is 32.6 Å². The van der Waals surface area contributed by atoms with Crippen molar-refractivity contribution in [3.63, 3.8) is 0 Å². The van der Waals surface area contributed by atoms with Gasteiger partial charge in [0.15, 0.2) is 5.82 Å². The molecule has 0 aliphatic carbocycles. The summed E-state index contributed by atoms with van der Waals surface area (Å²) in [7, 11) is 0. The maximum absolute atomic E-state index is 12.5. The third-order valence-corrected chi connectivity index (χ3v) is 4.85. The van der Waals surface area contributed by atoms with Crippen molar-refractivity contribution >= 4 is 11.6 Å². The van der Waals surface area contributed by atoms with Crippen LogP contribution in [0.5, 0.6) is 0 Å². The van der Waals surface area contributed by atoms with E-state index in [2.05, 4.69) is 29.2 Å². The van der Waals surface area contributed by atoms with Crippen molar-refractivity contribution in [2.24, 2.45) is 0 Å². The Morgan fingerprint density at radius 1 is 1.19 bits per heavy atom. The average Bonchev–Trinajstić information content (AvgIpc) is 3.29. The number of amides is 1. The minimum Gasteiger partial charge on any atom is -0.334 e. The summed E-state index contributed by atoms with van der Waals surface area (Å²) in [6.07, 6.45) is 1.39. The van der Waals surface area contributed by atoms with Crippen molar-refractivity contribution in [1.82, 2.24) is 10.1 Å². The van der Waals surface area contributed by atoms with Crippen LogP contribution in [0.3, 0.4) is 0 Å². The first kappa shape index (κ1) is 16.5. The highest BCUT2D eigenvalue weighted by Crippen LogP contribution is 2.31. The van der Waals surface area contributed by atoms with E-state index >= 15 is 0 Å². The topological polar surface area (TPSA) is 59.2 Å². The molecule has 1 saturated heterocycles. The van der Waals surface area contributed by atoms with Gasteiger partial charge in [0.25, 0.3) is 5.89 Å². The Bertz CT molecular complexity index is 930. The van der Waals surface area contributed by atoms with Crippen LogP contribution in [0.2, 0.25) is 0 Å². The van der Waals surface area contributed by atoms with E-state index in [-0.39, 0.29) is 11.8 Å². The molecular formula is C21H21N3O2. The molecule has 0 bridgehead atoms. The molecule has 4 rings (SSSR count). The monoisotopic (exact) mass is 347 g/mol. The van der Waals surface area contributed by atoms with Gasteiger partial charge in [-0.1, -0.05) is 41.9 Å². The van der Waals surface area contributed by atoms with Gasteiger partial charge in [-0.15, -0.1) is 0 Å². The summed E-state index contributed by atoms with van der Waals surface area (Å²) < 4.78 is 5.43. The maximum Gasteiger partial charge on any atom is 0.257 e. The van der Waals surface area contributed by atoms with Gasteiger partial charge in [0, 0.05) is 30.1 Å². The molecule has 132 valence electrons. The first-order chi connectivity index (χ1) is 12.6. The zero-order valence-corrected chi connectivity index (χ0v) is 15.0. The molecule has 1 amide bonds. The Morgan fingerprint density at radius 3 is 2.73 bits per heavy atom. The van der Waals surface area contributed by atoms with Crippen molar-refractivity contribution in [3.8, 4) is 11.5 Å². The molecule has 0 spiro atoms. The van der Waals surface area contributed by atoms with E-state index in [4.69, 9.17) is 4.52 Å². The number of rotatable bonds is 4. The summed E-state index contributed by atoms with van der Waals surface area (Å²) in [4.78, 5) is 18.8. The average molecular weight is 347 g/mol. The van der Waals surface area contributed by atoms with E-state index in [1.807, 2.05) is 48.2 Å². The number of benzene rings is 2. The second kappa shape index (κ2) is 6.75. The number of carbonyl (C=O) groups excluding carboxylic acids is 1. The lowest BCUT2D eigenvalue weighted by Gasteiger charge is -2.16. The lowest BCUT2D eigenvalue weighted by molar-refractivity contribution is -0.117. The fourth-order valence-electron chi connectivity index (χ4n) is 3.34. The highest BCUT2D eigenvalue weighted by molar-refractivity contribution is 5.96. The Hall–Kier alpha value is -2.95. The van der Waals surface area contributed by atoms with Crippen LogP contribution in [0.1, 0.15) is 36.2 Å². The summed E-state index contributed by atoms with van der Waals surface area (Å²) in [6, 6.07) is 16.1. The minimum absolute atomic E-state index is 0.0457. The Morgan fingerprint density at radius 2 is 2.00 bits per heavy atom. The number of nitrogens with zero attached hydrogens (tertiary/aromatic N) is 3. The smallest absolute Gasteiger partial charge is 0.257 e. The molecule has 0 saturated carbocycles. The van der Waals surface area contributed by atoms with Gasteiger partial charge in [0.05, 0.1) is 0 Å². The number of anilines is 1. The standard InChI is InChI=1S/C21H21N3O2/c1-3-15-7-9-18(10-8-15)24-13-17(12-19(24)25)20-22-21(26-23-20)16-6-4-5-14(2)11-16/h4-11,17H,3,12-13H2,1-2H3/t17-/m0/s1. The summed E-state index contributed by atoms with van der Waals surface area (Å²) in [5, 5.41) is 4.13. The highest BCUT2D eigenvalue weighted by atomic mass is 16.5. The Kier molecular flexibility index (Phi) is 4.29. The summed E-state index contributed by atoms with van der Waals surface area (Å²) in [5.74, 6) is 1.15.